The van der Waals surface area contributed by atoms with Gasteiger partial charge in [0.05, 0.1) is 108 Å². The Hall–Kier alpha value is -12.5. The first kappa shape index (κ1) is 99.6. The van der Waals surface area contributed by atoms with Crippen LogP contribution in [0.5, 0.6) is 0 Å². The van der Waals surface area contributed by atoms with Crippen LogP contribution < -0.4 is 0 Å². The number of nitrogens with zero attached hydrogens (tertiary/aromatic N) is 2. The third kappa shape index (κ3) is 25.0. The first-order valence-corrected chi connectivity index (χ1v) is 48.2. The van der Waals surface area contributed by atoms with Gasteiger partial charge in [-0.25, -0.2) is 0 Å². The molecular formula is C114H111ClN2O25. The second-order valence-corrected chi connectivity index (χ2v) is 35.5. The summed E-state index contributed by atoms with van der Waals surface area (Å²) in [6.07, 6.45) is -27.4. The van der Waals surface area contributed by atoms with Crippen molar-refractivity contribution < 1.29 is 119 Å². The fourth-order valence-corrected chi connectivity index (χ4v) is 18.7. The standard InChI is InChI=1S/C114H111ClN2O25/c1-75(118)135-106-103(132-68-83-50-26-9-27-51-83)97(128-64-79-42-18-5-19-43-79)90(71-124-61-76-36-12-2-13-37-76)138-114(106)142-104-98(129-65-80-44-20-6-21-45-80)93(74-127-94(119)60-115)139-113(105(104)133-69-84-52-28-10-29-53-84)141-100-92(73-126-63-78-40-16-4-17-41-78)137-112(96(102(100)131-67-82-48-24-8-25-49-82)117-109(122)88-58-34-35-59-89(88)110(117)123)140-99-91(72-125-62-77-38-14-3-15-39-77)136-111(134-70-85-54-30-11-31-55-85)95(101(99)130-66-81-46-22-7-23-47-81)116-107(120)86-56-32-33-57-87(86)108(116)121/h2-59,90-93,95-106,111-114H,60-74H2,1H3/t90-,91-,92-,93-,95-,96-,97-,98-,99-,100-,101-,102-,103+,104+,105+,106+,111-,112+,113+,114-/m1/s1. The second-order valence-electron chi connectivity index (χ2n) is 35.3. The maximum atomic E-state index is 16.5. The Morgan fingerprint density at radius 2 is 0.493 bits per heavy atom. The molecule has 0 saturated carbocycles. The van der Waals surface area contributed by atoms with Crippen LogP contribution in [0.25, 0.3) is 0 Å². The molecule has 18 rings (SSSR count). The summed E-state index contributed by atoms with van der Waals surface area (Å²) in [7, 11) is 0. The lowest BCUT2D eigenvalue weighted by atomic mass is 9.92. The largest absolute Gasteiger partial charge is 0.462 e. The molecule has 0 aliphatic carbocycles. The highest BCUT2D eigenvalue weighted by molar-refractivity contribution is 6.26. The summed E-state index contributed by atoms with van der Waals surface area (Å²) in [5, 5.41) is 0. The molecule has 0 unspecified atom stereocenters. The van der Waals surface area contributed by atoms with Gasteiger partial charge in [-0.2, -0.15) is 0 Å². The molecule has 6 heterocycles. The average molecular weight is 1940 g/mol. The lowest BCUT2D eigenvalue weighted by Gasteiger charge is -2.53. The summed E-state index contributed by atoms with van der Waals surface area (Å²) >= 11 is 6.40. The minimum atomic E-state index is -1.93. The highest BCUT2D eigenvalue weighted by Crippen LogP contribution is 2.45. The number of hydrogen-bond acceptors (Lipinski definition) is 25. The van der Waals surface area contributed by atoms with Gasteiger partial charge in [-0.05, 0) is 79.9 Å². The van der Waals surface area contributed by atoms with Crippen molar-refractivity contribution >= 4 is 47.2 Å². The smallest absolute Gasteiger partial charge is 0.320 e. The minimum absolute atomic E-state index is 0.0184. The van der Waals surface area contributed by atoms with Gasteiger partial charge in [-0.1, -0.05) is 328 Å². The summed E-state index contributed by atoms with van der Waals surface area (Å²) in [5.74, 6) is -5.16. The lowest BCUT2D eigenvalue weighted by Crippen LogP contribution is -2.72. The van der Waals surface area contributed by atoms with Gasteiger partial charge in [0.2, 0.25) is 0 Å². The number of benzene rings is 12. The summed E-state index contributed by atoms with van der Waals surface area (Å²) in [5.41, 5.74) is 7.56. The van der Waals surface area contributed by atoms with Crippen molar-refractivity contribution in [3.05, 3.63) is 430 Å². The Morgan fingerprint density at radius 1 is 0.254 bits per heavy atom. The molecule has 4 fully saturated rings. The van der Waals surface area contributed by atoms with Crippen LogP contribution in [0.15, 0.2) is 352 Å². The molecule has 0 spiro atoms. The van der Waals surface area contributed by atoms with E-state index in [4.69, 9.17) is 102 Å². The number of rotatable bonds is 45. The van der Waals surface area contributed by atoms with Crippen molar-refractivity contribution in [3.8, 4) is 0 Å². The SMILES string of the molecule is CC(=O)O[C@@H]1[C@@H](O[C@@H]2[C@H](OCc3ccccc3)[C@H](O[C@H]3[C@H](OCc4ccccc4)[C@@H](N4C(=O)c5ccccc5C4=O)[C@H](O[C@H]4[C@H](OCc5ccccc5)[C@@H](N5C(=O)c6ccccc6C5=O)[C@H](OCc5ccccc5)O[C@@H]4COCc4ccccc4)O[C@@H]3COCc3ccccc3)O[C@H](COC(=O)CCl)[C@H]2OCc2ccccc2)O[C@H](COCc2ccccc2)[C@@H](OCc2ccccc2)[C@@H]1OCc1ccccc1. The quantitative estimate of drug-likeness (QED) is 0.0195. The number of fused-ring (bicyclic) bond motifs is 2. The molecule has 12 aromatic carbocycles. The number of alkyl halides is 1. The predicted molar refractivity (Wildman–Crippen MR) is 518 cm³/mol. The lowest BCUT2D eigenvalue weighted by molar-refractivity contribution is -0.394. The van der Waals surface area contributed by atoms with Crippen LogP contribution in [0.3, 0.4) is 0 Å². The van der Waals surface area contributed by atoms with E-state index in [0.29, 0.717) is 22.3 Å². The normalized spacial score (nSPS) is 25.3. The van der Waals surface area contributed by atoms with Gasteiger partial charge in [0.25, 0.3) is 23.6 Å². The zero-order valence-electron chi connectivity index (χ0n) is 78.1. The van der Waals surface area contributed by atoms with E-state index in [1.54, 1.807) is 48.5 Å². The number of carbonyl (C=O) groups excluding carboxylic acids is 6. The zero-order valence-corrected chi connectivity index (χ0v) is 78.9. The topological polar surface area (TPSA) is 284 Å². The summed E-state index contributed by atoms with van der Waals surface area (Å²) in [6, 6.07) is 103. The summed E-state index contributed by atoms with van der Waals surface area (Å²) in [4.78, 5) is 95.0. The molecule has 0 radical (unpaired) electrons. The molecule has 0 bridgehead atoms. The van der Waals surface area contributed by atoms with Crippen LogP contribution in [0, 0.1) is 0 Å². The Labute approximate surface area is 828 Å². The number of halogens is 1. The predicted octanol–water partition coefficient (Wildman–Crippen LogP) is 16.5. The van der Waals surface area contributed by atoms with Crippen LogP contribution >= 0.6 is 11.6 Å². The van der Waals surface area contributed by atoms with E-state index in [9.17, 15) is 9.59 Å². The highest BCUT2D eigenvalue weighted by atomic mass is 35.5. The Balaban J connectivity index is 0.816. The number of imide groups is 2. The van der Waals surface area contributed by atoms with Crippen molar-refractivity contribution in [3.63, 3.8) is 0 Å². The Kier molecular flexibility index (Phi) is 34.7. The Morgan fingerprint density at radius 3 is 0.824 bits per heavy atom. The molecule has 6 aliphatic heterocycles. The third-order valence-electron chi connectivity index (χ3n) is 25.5. The molecule has 142 heavy (non-hydrogen) atoms. The van der Waals surface area contributed by atoms with Crippen molar-refractivity contribution in [1.29, 1.82) is 0 Å². The first-order chi connectivity index (χ1) is 69.8. The van der Waals surface area contributed by atoms with E-state index < -0.39 is 177 Å². The zero-order chi connectivity index (χ0) is 97.3. The van der Waals surface area contributed by atoms with E-state index in [0.717, 1.165) is 43.2 Å². The number of hydrogen-bond donors (Lipinski definition) is 0. The molecule has 4 saturated heterocycles. The molecule has 0 N–H and O–H groups in total. The van der Waals surface area contributed by atoms with E-state index in [1.165, 1.54) is 6.92 Å². The molecule has 28 heteroatoms. The van der Waals surface area contributed by atoms with Gasteiger partial charge in [0.1, 0.15) is 104 Å². The number of ether oxygens (including phenoxy) is 19. The first-order valence-electron chi connectivity index (χ1n) is 47.7. The van der Waals surface area contributed by atoms with Crippen molar-refractivity contribution in [2.45, 2.75) is 196 Å². The highest BCUT2D eigenvalue weighted by Gasteiger charge is 2.63. The average Bonchev–Trinajstić information content (AvgIpc) is 1.45. The van der Waals surface area contributed by atoms with Crippen molar-refractivity contribution in [2.75, 3.05) is 32.3 Å². The number of carbonyl (C=O) groups is 6. The third-order valence-corrected chi connectivity index (χ3v) is 25.7. The molecule has 4 amide bonds. The molecule has 20 atom stereocenters. The molecule has 734 valence electrons. The van der Waals surface area contributed by atoms with E-state index >= 15 is 19.2 Å². The summed E-state index contributed by atoms with van der Waals surface area (Å²) < 4.78 is 138. The van der Waals surface area contributed by atoms with Gasteiger partial charge in [-0.3, -0.25) is 38.6 Å². The van der Waals surface area contributed by atoms with E-state index in [2.05, 4.69) is 0 Å². The van der Waals surface area contributed by atoms with Crippen LogP contribution in [-0.2, 0) is 166 Å². The van der Waals surface area contributed by atoms with Crippen molar-refractivity contribution in [1.82, 2.24) is 9.80 Å². The van der Waals surface area contributed by atoms with Crippen LogP contribution in [0.2, 0.25) is 0 Å². The minimum Gasteiger partial charge on any atom is -0.462 e. The van der Waals surface area contributed by atoms with E-state index in [1.807, 2.05) is 303 Å². The van der Waals surface area contributed by atoms with Gasteiger partial charge < -0.3 is 90.0 Å². The molecule has 27 nitrogen and oxygen atoms in total. The van der Waals surface area contributed by atoms with Crippen molar-refractivity contribution in [2.24, 2.45) is 0 Å². The maximum Gasteiger partial charge on any atom is 0.320 e. The van der Waals surface area contributed by atoms with Gasteiger partial charge in [-0.15, -0.1) is 11.6 Å². The Bertz CT molecular complexity index is 5960. The second kappa shape index (κ2) is 49.4. The van der Waals surface area contributed by atoms with Gasteiger partial charge in [0, 0.05) is 6.92 Å². The monoisotopic (exact) mass is 1940 g/mol. The fraction of sp³-hybridized carbons (Fsp3) is 0.316. The molecule has 12 aromatic rings. The van der Waals surface area contributed by atoms with Crippen LogP contribution in [0.4, 0.5) is 0 Å². The van der Waals surface area contributed by atoms with Gasteiger partial charge >= 0.3 is 11.9 Å². The summed E-state index contributed by atoms with van der Waals surface area (Å²) in [6.45, 7) is -0.986. The van der Waals surface area contributed by atoms with E-state index in [-0.39, 0.29) is 102 Å². The molecule has 0 aromatic heterocycles. The maximum absolute atomic E-state index is 16.5. The number of amides is 4. The van der Waals surface area contributed by atoms with Crippen LogP contribution in [0.1, 0.15) is 104 Å². The van der Waals surface area contributed by atoms with Crippen LogP contribution in [-0.4, -0.2) is 200 Å². The van der Waals surface area contributed by atoms with Gasteiger partial charge in [0.15, 0.2) is 31.3 Å². The fourth-order valence-electron chi connectivity index (χ4n) is 18.6. The molecule has 6 aliphatic rings. The molecular weight excluding hydrogens is 1830 g/mol. The number of esters is 2.